The van der Waals surface area contributed by atoms with E-state index in [1.54, 1.807) is 0 Å². The molecule has 2 rings (SSSR count). The second-order valence-corrected chi connectivity index (χ2v) is 5.70. The molecule has 1 aromatic rings. The van der Waals surface area contributed by atoms with E-state index in [9.17, 15) is 19.7 Å². The van der Waals surface area contributed by atoms with E-state index >= 15 is 0 Å². The zero-order valence-electron chi connectivity index (χ0n) is 14.0. The number of carbonyl (C=O) groups excluding carboxylic acids is 2. The molecule has 1 heterocycles. The van der Waals surface area contributed by atoms with Gasteiger partial charge in [-0.1, -0.05) is 0 Å². The van der Waals surface area contributed by atoms with Crippen molar-refractivity contribution in [1.29, 1.82) is 0 Å². The van der Waals surface area contributed by atoms with E-state index in [4.69, 9.17) is 15.2 Å². The Morgan fingerprint density at radius 3 is 2.64 bits per heavy atom. The van der Waals surface area contributed by atoms with E-state index in [2.05, 4.69) is 0 Å². The molecule has 9 nitrogen and oxygen atoms in total. The fourth-order valence-electron chi connectivity index (χ4n) is 2.73. The van der Waals surface area contributed by atoms with Crippen LogP contribution in [0.25, 0.3) is 0 Å². The van der Waals surface area contributed by atoms with Crippen LogP contribution in [-0.2, 0) is 9.53 Å². The Morgan fingerprint density at radius 1 is 1.40 bits per heavy atom. The van der Waals surface area contributed by atoms with Crippen LogP contribution in [0, 0.1) is 10.1 Å². The maximum absolute atomic E-state index is 11.7. The minimum Gasteiger partial charge on any atom is -0.493 e. The van der Waals surface area contributed by atoms with Gasteiger partial charge in [-0.05, 0) is 19.1 Å². The Balaban J connectivity index is 2.00. The fourth-order valence-corrected chi connectivity index (χ4v) is 2.73. The standard InChI is InChI=1S/C16H21N3O6/c1-11(20)13-10-12(2-3-14(13)19(22)23)25-7-4-15(16(17)21)18-5-8-24-9-6-18/h2-3,10,15H,4-9H2,1H3,(H2,17,21). The maximum Gasteiger partial charge on any atom is 0.280 e. The third-order valence-corrected chi connectivity index (χ3v) is 4.02. The molecule has 1 saturated heterocycles. The topological polar surface area (TPSA) is 125 Å². The van der Waals surface area contributed by atoms with E-state index in [-0.39, 0.29) is 17.9 Å². The Kier molecular flexibility index (Phi) is 6.43. The van der Waals surface area contributed by atoms with Crippen LogP contribution in [-0.4, -0.2) is 60.5 Å². The minimum absolute atomic E-state index is 0.0119. The van der Waals surface area contributed by atoms with Crippen LogP contribution >= 0.6 is 0 Å². The Bertz CT molecular complexity index is 657. The molecule has 0 bridgehead atoms. The van der Waals surface area contributed by atoms with Crippen LogP contribution in [0.15, 0.2) is 18.2 Å². The molecule has 136 valence electrons. The summed E-state index contributed by atoms with van der Waals surface area (Å²) < 4.78 is 10.8. The molecule has 1 aliphatic heterocycles. The predicted octanol–water partition coefficient (Wildman–Crippen LogP) is 0.752. The number of ketones is 1. The first kappa shape index (κ1) is 18.8. The van der Waals surface area contributed by atoms with Crippen molar-refractivity contribution in [3.63, 3.8) is 0 Å². The van der Waals surface area contributed by atoms with E-state index in [1.807, 2.05) is 4.90 Å². The van der Waals surface area contributed by atoms with Crippen molar-refractivity contribution < 1.29 is 24.0 Å². The molecule has 0 radical (unpaired) electrons. The van der Waals surface area contributed by atoms with Crippen LogP contribution in [0.5, 0.6) is 5.75 Å². The third-order valence-electron chi connectivity index (χ3n) is 4.02. The fraction of sp³-hybridized carbons (Fsp3) is 0.500. The number of morpholine rings is 1. The van der Waals surface area contributed by atoms with Gasteiger partial charge in [-0.15, -0.1) is 0 Å². The van der Waals surface area contributed by atoms with Crippen LogP contribution in [0.4, 0.5) is 5.69 Å². The van der Waals surface area contributed by atoms with Crippen LogP contribution in [0.1, 0.15) is 23.7 Å². The highest BCUT2D eigenvalue weighted by atomic mass is 16.6. The summed E-state index contributed by atoms with van der Waals surface area (Å²) in [6.07, 6.45) is 0.377. The molecular formula is C16H21N3O6. The molecule has 0 spiro atoms. The number of nitrogens with zero attached hydrogens (tertiary/aromatic N) is 2. The summed E-state index contributed by atoms with van der Waals surface area (Å²) in [6, 6.07) is 3.54. The first-order chi connectivity index (χ1) is 11.9. The number of rotatable bonds is 8. The number of ether oxygens (including phenoxy) is 2. The van der Waals surface area contributed by atoms with Gasteiger partial charge in [0.2, 0.25) is 5.91 Å². The van der Waals surface area contributed by atoms with Gasteiger partial charge in [0.05, 0.1) is 36.3 Å². The van der Waals surface area contributed by atoms with Gasteiger partial charge in [0.1, 0.15) is 5.75 Å². The van der Waals surface area contributed by atoms with E-state index in [0.29, 0.717) is 38.5 Å². The molecule has 0 saturated carbocycles. The van der Waals surface area contributed by atoms with Crippen molar-refractivity contribution >= 4 is 17.4 Å². The van der Waals surface area contributed by atoms with Crippen molar-refractivity contribution in [2.45, 2.75) is 19.4 Å². The number of amides is 1. The molecule has 1 unspecified atom stereocenters. The van der Waals surface area contributed by atoms with Gasteiger partial charge in [-0.2, -0.15) is 0 Å². The molecule has 1 aliphatic rings. The first-order valence-corrected chi connectivity index (χ1v) is 7.93. The summed E-state index contributed by atoms with van der Waals surface area (Å²) in [5, 5.41) is 10.9. The number of benzene rings is 1. The summed E-state index contributed by atoms with van der Waals surface area (Å²) in [5.41, 5.74) is 5.19. The molecule has 2 N–H and O–H groups in total. The Hall–Kier alpha value is -2.52. The zero-order chi connectivity index (χ0) is 18.4. The molecule has 0 aliphatic carbocycles. The molecule has 0 aromatic heterocycles. The van der Waals surface area contributed by atoms with Crippen molar-refractivity contribution in [2.75, 3.05) is 32.9 Å². The second kappa shape index (κ2) is 8.54. The SMILES string of the molecule is CC(=O)c1cc(OCCC(C(N)=O)N2CCOCC2)ccc1[N+](=O)[O-]. The highest BCUT2D eigenvalue weighted by Gasteiger charge is 2.25. The molecule has 25 heavy (non-hydrogen) atoms. The number of nitro benzene ring substituents is 1. The summed E-state index contributed by atoms with van der Waals surface area (Å²) in [6.45, 7) is 3.80. The molecule has 1 atom stereocenters. The van der Waals surface area contributed by atoms with Crippen LogP contribution < -0.4 is 10.5 Å². The highest BCUT2D eigenvalue weighted by Crippen LogP contribution is 2.24. The van der Waals surface area contributed by atoms with Gasteiger partial charge in [0.15, 0.2) is 5.78 Å². The van der Waals surface area contributed by atoms with E-state index < -0.39 is 22.7 Å². The number of hydrogen-bond acceptors (Lipinski definition) is 7. The van der Waals surface area contributed by atoms with E-state index in [1.165, 1.54) is 25.1 Å². The van der Waals surface area contributed by atoms with Crippen LogP contribution in [0.3, 0.4) is 0 Å². The predicted molar refractivity (Wildman–Crippen MR) is 88.6 cm³/mol. The lowest BCUT2D eigenvalue weighted by atomic mass is 10.1. The van der Waals surface area contributed by atoms with Gasteiger partial charge >= 0.3 is 0 Å². The summed E-state index contributed by atoms with van der Waals surface area (Å²) in [5.74, 6) is -0.514. The lowest BCUT2D eigenvalue weighted by Gasteiger charge is -2.32. The van der Waals surface area contributed by atoms with Gasteiger partial charge in [-0.25, -0.2) is 0 Å². The van der Waals surface area contributed by atoms with Crippen molar-refractivity contribution in [3.05, 3.63) is 33.9 Å². The zero-order valence-corrected chi connectivity index (χ0v) is 14.0. The number of nitro groups is 1. The van der Waals surface area contributed by atoms with Gasteiger partial charge in [0, 0.05) is 25.6 Å². The average molecular weight is 351 g/mol. The maximum atomic E-state index is 11.7. The summed E-state index contributed by atoms with van der Waals surface area (Å²) in [4.78, 5) is 35.5. The summed E-state index contributed by atoms with van der Waals surface area (Å²) in [7, 11) is 0. The number of Topliss-reactive ketones (excluding diaryl/α,β-unsaturated/α-hetero) is 1. The largest absolute Gasteiger partial charge is 0.493 e. The second-order valence-electron chi connectivity index (χ2n) is 5.70. The quantitative estimate of drug-likeness (QED) is 0.416. The van der Waals surface area contributed by atoms with Crippen molar-refractivity contribution in [2.24, 2.45) is 5.73 Å². The highest BCUT2D eigenvalue weighted by molar-refractivity contribution is 5.98. The lowest BCUT2D eigenvalue weighted by molar-refractivity contribution is -0.385. The molecule has 1 fully saturated rings. The average Bonchev–Trinajstić information content (AvgIpc) is 2.58. The van der Waals surface area contributed by atoms with Crippen LogP contribution in [0.2, 0.25) is 0 Å². The monoisotopic (exact) mass is 351 g/mol. The minimum atomic E-state index is -0.609. The number of carbonyl (C=O) groups is 2. The molecule has 1 aromatic carbocycles. The number of primary amides is 1. The molecular weight excluding hydrogens is 330 g/mol. The Labute approximate surface area is 144 Å². The van der Waals surface area contributed by atoms with Crippen molar-refractivity contribution in [1.82, 2.24) is 4.90 Å². The molecule has 9 heteroatoms. The molecule has 1 amide bonds. The number of nitrogens with two attached hydrogens (primary N) is 1. The van der Waals surface area contributed by atoms with Gasteiger partial charge in [0.25, 0.3) is 5.69 Å². The normalized spacial score (nSPS) is 16.2. The number of hydrogen-bond donors (Lipinski definition) is 1. The van der Waals surface area contributed by atoms with Gasteiger partial charge in [-0.3, -0.25) is 24.6 Å². The lowest BCUT2D eigenvalue weighted by Crippen LogP contribution is -2.50. The first-order valence-electron chi connectivity index (χ1n) is 7.93. The smallest absolute Gasteiger partial charge is 0.280 e. The van der Waals surface area contributed by atoms with Crippen molar-refractivity contribution in [3.8, 4) is 5.75 Å². The Morgan fingerprint density at radius 2 is 2.08 bits per heavy atom. The third kappa shape index (κ3) is 4.97. The van der Waals surface area contributed by atoms with E-state index in [0.717, 1.165) is 0 Å². The summed E-state index contributed by atoms with van der Waals surface area (Å²) >= 11 is 0. The van der Waals surface area contributed by atoms with Gasteiger partial charge < -0.3 is 15.2 Å².